The van der Waals surface area contributed by atoms with Gasteiger partial charge in [0.15, 0.2) is 12.1 Å². The Bertz CT molecular complexity index is 1550. The van der Waals surface area contributed by atoms with E-state index in [-0.39, 0.29) is 30.6 Å². The molecule has 0 radical (unpaired) electrons. The standard InChI is InChI=1S/C40H51N3O7/c1-29(45)41-18-4-2-3-11-38(46)42-26-31-7-5-8-33(23-31)34-9-6-10-35(24-34)39-49-36(25-37(50-39)32-14-12-30(28-44)13-15-32)27-43-19-16-40(17-20-43)47-21-22-48-40/h5-10,12-15,23-24,36-37,39,44H,2-4,11,16-22,25-28H2,1H3,(H,41,45)(H,42,46). The summed E-state index contributed by atoms with van der Waals surface area (Å²) in [6.07, 6.45) is 4.74. The van der Waals surface area contributed by atoms with Gasteiger partial charge >= 0.3 is 0 Å². The maximum atomic E-state index is 12.5. The summed E-state index contributed by atoms with van der Waals surface area (Å²) in [4.78, 5) is 25.9. The molecule has 3 aliphatic rings. The predicted molar refractivity (Wildman–Crippen MR) is 190 cm³/mol. The van der Waals surface area contributed by atoms with E-state index in [2.05, 4.69) is 45.9 Å². The fourth-order valence-electron chi connectivity index (χ4n) is 7.05. The van der Waals surface area contributed by atoms with Crippen LogP contribution in [0.15, 0.2) is 72.8 Å². The normalized spacial score (nSPS) is 22.0. The Morgan fingerprint density at radius 2 is 1.58 bits per heavy atom. The highest BCUT2D eigenvalue weighted by Gasteiger charge is 2.41. The number of benzene rings is 3. The molecule has 0 bridgehead atoms. The van der Waals surface area contributed by atoms with Gasteiger partial charge in [-0.2, -0.15) is 0 Å². The third-order valence-corrected chi connectivity index (χ3v) is 9.87. The third-order valence-electron chi connectivity index (χ3n) is 9.87. The van der Waals surface area contributed by atoms with Crippen molar-refractivity contribution in [3.05, 3.63) is 95.1 Å². The predicted octanol–water partition coefficient (Wildman–Crippen LogP) is 5.54. The van der Waals surface area contributed by atoms with Crippen LogP contribution in [0.3, 0.4) is 0 Å². The topological polar surface area (TPSA) is 119 Å². The van der Waals surface area contributed by atoms with Crippen LogP contribution in [0.5, 0.6) is 0 Å². The molecule has 3 N–H and O–H groups in total. The molecular weight excluding hydrogens is 634 g/mol. The van der Waals surface area contributed by atoms with E-state index in [0.717, 1.165) is 91.5 Å². The highest BCUT2D eigenvalue weighted by Crippen LogP contribution is 2.40. The lowest BCUT2D eigenvalue weighted by molar-refractivity contribution is -0.255. The monoisotopic (exact) mass is 685 g/mol. The highest BCUT2D eigenvalue weighted by atomic mass is 16.7. The van der Waals surface area contributed by atoms with Gasteiger partial charge in [0.1, 0.15) is 0 Å². The number of piperidine rings is 1. The lowest BCUT2D eigenvalue weighted by atomic mass is 9.97. The molecule has 0 aliphatic carbocycles. The van der Waals surface area contributed by atoms with Crippen LogP contribution < -0.4 is 10.6 Å². The van der Waals surface area contributed by atoms with Gasteiger partial charge in [0.25, 0.3) is 0 Å². The number of amides is 2. The minimum absolute atomic E-state index is 0.00648. The largest absolute Gasteiger partial charge is 0.392 e. The molecule has 3 fully saturated rings. The van der Waals surface area contributed by atoms with Crippen molar-refractivity contribution < 1.29 is 33.6 Å². The summed E-state index contributed by atoms with van der Waals surface area (Å²) < 4.78 is 25.3. The summed E-state index contributed by atoms with van der Waals surface area (Å²) in [6.45, 7) is 6.56. The maximum Gasteiger partial charge on any atom is 0.220 e. The minimum atomic E-state index is -0.547. The molecule has 0 saturated carbocycles. The number of carbonyl (C=O) groups is 2. The zero-order chi connectivity index (χ0) is 34.8. The van der Waals surface area contributed by atoms with Crippen LogP contribution in [-0.2, 0) is 41.7 Å². The van der Waals surface area contributed by atoms with E-state index >= 15 is 0 Å². The van der Waals surface area contributed by atoms with Crippen LogP contribution in [-0.4, -0.2) is 73.1 Å². The Hall–Kier alpha value is -3.64. The maximum absolute atomic E-state index is 12.5. The SMILES string of the molecule is CC(=O)NCCCCCC(=O)NCc1cccc(-c2cccc(C3OC(CN4CCC5(CC4)OCCO5)CC(c4ccc(CO)cc4)O3)c2)c1. The molecule has 3 heterocycles. The van der Waals surface area contributed by atoms with E-state index in [1.165, 1.54) is 6.92 Å². The smallest absolute Gasteiger partial charge is 0.220 e. The molecule has 2 amide bonds. The van der Waals surface area contributed by atoms with Crippen molar-refractivity contribution in [2.75, 3.05) is 39.4 Å². The number of rotatable bonds is 14. The van der Waals surface area contributed by atoms with Gasteiger partial charge in [0.05, 0.1) is 32.0 Å². The van der Waals surface area contributed by atoms with Crippen molar-refractivity contribution in [1.29, 1.82) is 0 Å². The number of unbranched alkanes of at least 4 members (excludes halogenated alkanes) is 2. The number of likely N-dealkylation sites (tertiary alicyclic amines) is 1. The van der Waals surface area contributed by atoms with Crippen LogP contribution in [0.2, 0.25) is 0 Å². The van der Waals surface area contributed by atoms with Crippen molar-refractivity contribution in [2.24, 2.45) is 0 Å². The summed E-state index contributed by atoms with van der Waals surface area (Å²) >= 11 is 0. The van der Waals surface area contributed by atoms with Crippen LogP contribution in [0.4, 0.5) is 0 Å². The first kappa shape index (κ1) is 36.2. The van der Waals surface area contributed by atoms with Crippen molar-refractivity contribution in [1.82, 2.24) is 15.5 Å². The lowest BCUT2D eigenvalue weighted by Crippen LogP contribution is -2.48. The van der Waals surface area contributed by atoms with Crippen LogP contribution in [0.25, 0.3) is 11.1 Å². The summed E-state index contributed by atoms with van der Waals surface area (Å²) in [7, 11) is 0. The van der Waals surface area contributed by atoms with Gasteiger partial charge in [0.2, 0.25) is 11.8 Å². The number of carbonyl (C=O) groups excluding carboxylic acids is 2. The van der Waals surface area contributed by atoms with Crippen molar-refractivity contribution in [2.45, 2.75) is 89.3 Å². The van der Waals surface area contributed by atoms with Gasteiger partial charge in [-0.1, -0.05) is 67.1 Å². The van der Waals surface area contributed by atoms with Gasteiger partial charge in [-0.05, 0) is 52.8 Å². The number of aliphatic hydroxyl groups is 1. The first-order valence-corrected chi connectivity index (χ1v) is 18.1. The zero-order valence-corrected chi connectivity index (χ0v) is 29.1. The molecule has 1 spiro atoms. The van der Waals surface area contributed by atoms with Gasteiger partial charge in [-0.15, -0.1) is 0 Å². The van der Waals surface area contributed by atoms with E-state index in [4.69, 9.17) is 18.9 Å². The molecule has 3 atom stereocenters. The number of aliphatic hydroxyl groups excluding tert-OH is 1. The van der Waals surface area contributed by atoms with Crippen LogP contribution in [0.1, 0.15) is 86.5 Å². The zero-order valence-electron chi connectivity index (χ0n) is 29.1. The van der Waals surface area contributed by atoms with Gasteiger partial charge < -0.3 is 39.6 Å². The Labute approximate surface area is 295 Å². The van der Waals surface area contributed by atoms with Gasteiger partial charge in [-0.25, -0.2) is 0 Å². The van der Waals surface area contributed by atoms with E-state index in [1.807, 2.05) is 42.5 Å². The van der Waals surface area contributed by atoms with E-state index in [9.17, 15) is 14.7 Å². The van der Waals surface area contributed by atoms with Crippen molar-refractivity contribution in [3.63, 3.8) is 0 Å². The number of hydrogen-bond donors (Lipinski definition) is 3. The Morgan fingerprint density at radius 1 is 0.840 bits per heavy atom. The summed E-state index contributed by atoms with van der Waals surface area (Å²) in [5.41, 5.74) is 6.02. The Morgan fingerprint density at radius 3 is 2.32 bits per heavy atom. The van der Waals surface area contributed by atoms with Crippen LogP contribution >= 0.6 is 0 Å². The highest BCUT2D eigenvalue weighted by molar-refractivity contribution is 5.76. The summed E-state index contributed by atoms with van der Waals surface area (Å²) in [5.74, 6) is -0.404. The molecule has 3 aromatic carbocycles. The van der Waals surface area contributed by atoms with Crippen LogP contribution in [0, 0.1) is 0 Å². The fourth-order valence-corrected chi connectivity index (χ4v) is 7.05. The Balaban J connectivity index is 1.09. The number of nitrogens with one attached hydrogen (secondary N) is 2. The second kappa shape index (κ2) is 17.5. The molecular formula is C40H51N3O7. The van der Waals surface area contributed by atoms with Gasteiger partial charge in [0, 0.05) is 70.9 Å². The van der Waals surface area contributed by atoms with Crippen molar-refractivity contribution >= 4 is 11.8 Å². The number of ether oxygens (including phenoxy) is 4. The average molecular weight is 686 g/mol. The molecule has 268 valence electrons. The molecule has 10 heteroatoms. The first-order valence-electron chi connectivity index (χ1n) is 18.1. The lowest BCUT2D eigenvalue weighted by Gasteiger charge is -2.41. The first-order chi connectivity index (χ1) is 24.4. The second-order valence-electron chi connectivity index (χ2n) is 13.7. The van der Waals surface area contributed by atoms with E-state index in [1.54, 1.807) is 0 Å². The molecule has 3 aliphatic heterocycles. The minimum Gasteiger partial charge on any atom is -0.392 e. The summed E-state index contributed by atoms with van der Waals surface area (Å²) in [5, 5.41) is 15.4. The van der Waals surface area contributed by atoms with E-state index in [0.29, 0.717) is 32.7 Å². The Kier molecular flexibility index (Phi) is 12.7. The molecule has 6 rings (SSSR count). The van der Waals surface area contributed by atoms with Gasteiger partial charge in [-0.3, -0.25) is 9.59 Å². The third kappa shape index (κ3) is 9.99. The molecule has 3 aromatic rings. The fraction of sp³-hybridized carbons (Fsp3) is 0.500. The quantitative estimate of drug-likeness (QED) is 0.189. The molecule has 0 aromatic heterocycles. The second-order valence-corrected chi connectivity index (χ2v) is 13.7. The number of hydrogen-bond acceptors (Lipinski definition) is 8. The molecule has 50 heavy (non-hydrogen) atoms. The number of nitrogens with zero attached hydrogens (tertiary/aromatic N) is 1. The molecule has 3 unspecified atom stereocenters. The summed E-state index contributed by atoms with van der Waals surface area (Å²) in [6, 6.07) is 24.6. The molecule has 3 saturated heterocycles. The van der Waals surface area contributed by atoms with Crippen molar-refractivity contribution in [3.8, 4) is 11.1 Å². The molecule has 10 nitrogen and oxygen atoms in total. The average Bonchev–Trinajstić information content (AvgIpc) is 3.61. The van der Waals surface area contributed by atoms with E-state index < -0.39 is 12.1 Å².